The molecule has 0 saturated carbocycles. The maximum absolute atomic E-state index is 14.6. The van der Waals surface area contributed by atoms with E-state index in [0.29, 0.717) is 30.1 Å². The molecule has 8 nitrogen and oxygen atoms in total. The van der Waals surface area contributed by atoms with E-state index in [1.807, 2.05) is 13.1 Å². The number of rotatable bonds is 7. The third-order valence-electron chi connectivity index (χ3n) is 6.71. The summed E-state index contributed by atoms with van der Waals surface area (Å²) < 4.78 is 49.8. The highest BCUT2D eigenvalue weighted by atomic mass is 32.2. The molecule has 0 N–H and O–H groups in total. The van der Waals surface area contributed by atoms with E-state index in [-0.39, 0.29) is 23.5 Å². The summed E-state index contributed by atoms with van der Waals surface area (Å²) in [7, 11) is -0.442. The Balaban J connectivity index is 1.49. The first-order valence-electron chi connectivity index (χ1n) is 12.1. The van der Waals surface area contributed by atoms with Gasteiger partial charge in [0.1, 0.15) is 11.6 Å². The van der Waals surface area contributed by atoms with Crippen LogP contribution in [-0.4, -0.2) is 42.1 Å². The zero-order valence-corrected chi connectivity index (χ0v) is 21.9. The number of sulfonamides is 1. The molecule has 4 aromatic rings. The van der Waals surface area contributed by atoms with Crippen LogP contribution in [0.5, 0.6) is 5.75 Å². The van der Waals surface area contributed by atoms with E-state index in [0.717, 1.165) is 11.3 Å². The Bertz CT molecular complexity index is 1570. The number of anilines is 1. The van der Waals surface area contributed by atoms with Crippen molar-refractivity contribution in [1.29, 1.82) is 0 Å². The number of benzene rings is 3. The minimum absolute atomic E-state index is 0.0511. The van der Waals surface area contributed by atoms with Crippen molar-refractivity contribution in [3.63, 3.8) is 0 Å². The predicted octanol–water partition coefficient (Wildman–Crippen LogP) is 4.16. The van der Waals surface area contributed by atoms with Crippen molar-refractivity contribution in [2.75, 3.05) is 18.6 Å². The van der Waals surface area contributed by atoms with Gasteiger partial charge in [0, 0.05) is 43.5 Å². The predicted molar refractivity (Wildman–Crippen MR) is 141 cm³/mol. The molecule has 5 rings (SSSR count). The van der Waals surface area contributed by atoms with Gasteiger partial charge in [-0.3, -0.25) is 9.48 Å². The fourth-order valence-electron chi connectivity index (χ4n) is 4.69. The Kier molecular flexibility index (Phi) is 7.00. The summed E-state index contributed by atoms with van der Waals surface area (Å²) in [6.45, 7) is 0.469. The van der Waals surface area contributed by atoms with Gasteiger partial charge in [-0.15, -0.1) is 0 Å². The van der Waals surface area contributed by atoms with Crippen LogP contribution in [0.2, 0.25) is 0 Å². The topological polar surface area (TPSA) is 84.7 Å². The molecule has 0 fully saturated rings. The minimum atomic E-state index is -3.77. The van der Waals surface area contributed by atoms with Crippen molar-refractivity contribution in [1.82, 2.24) is 14.1 Å². The van der Waals surface area contributed by atoms with E-state index >= 15 is 0 Å². The number of amides is 1. The highest BCUT2D eigenvalue weighted by Crippen LogP contribution is 2.30. The van der Waals surface area contributed by atoms with Crippen molar-refractivity contribution in [3.8, 4) is 5.75 Å². The van der Waals surface area contributed by atoms with Crippen LogP contribution in [0.3, 0.4) is 0 Å². The second-order valence-corrected chi connectivity index (χ2v) is 10.9. The molecule has 0 bridgehead atoms. The molecule has 0 radical (unpaired) electrons. The quantitative estimate of drug-likeness (QED) is 0.356. The van der Waals surface area contributed by atoms with Crippen LogP contribution >= 0.6 is 0 Å². The van der Waals surface area contributed by atoms with Crippen LogP contribution < -0.4 is 9.64 Å². The molecule has 1 aromatic heterocycles. The Morgan fingerprint density at radius 2 is 1.71 bits per heavy atom. The van der Waals surface area contributed by atoms with Crippen molar-refractivity contribution in [2.24, 2.45) is 7.05 Å². The highest BCUT2D eigenvalue weighted by molar-refractivity contribution is 7.89. The van der Waals surface area contributed by atoms with Gasteiger partial charge in [0.05, 0.1) is 29.8 Å². The van der Waals surface area contributed by atoms with Crippen LogP contribution in [0, 0.1) is 5.82 Å². The molecule has 0 saturated heterocycles. The van der Waals surface area contributed by atoms with Crippen molar-refractivity contribution < 1.29 is 22.3 Å². The first-order valence-corrected chi connectivity index (χ1v) is 13.5. The first kappa shape index (κ1) is 25.6. The molecule has 3 aromatic carbocycles. The zero-order valence-electron chi connectivity index (χ0n) is 21.0. The van der Waals surface area contributed by atoms with Crippen LogP contribution in [0.4, 0.5) is 10.1 Å². The second-order valence-electron chi connectivity index (χ2n) is 8.97. The standard InChI is InChI=1S/C28H27FN4O4S/c1-31-27-16-17-32(38(35,36)22-14-12-21(37-2)13-15-22)18-24(27)26(30-31)19-33(20-8-4-3-5-9-20)28(34)23-10-6-7-11-25(23)29/h3-15H,16-19H2,1-2H3. The molecular formula is C28H27FN4O4S. The molecule has 1 aliphatic heterocycles. The van der Waals surface area contributed by atoms with Gasteiger partial charge < -0.3 is 9.64 Å². The minimum Gasteiger partial charge on any atom is -0.497 e. The lowest BCUT2D eigenvalue weighted by Crippen LogP contribution is -2.37. The van der Waals surface area contributed by atoms with Gasteiger partial charge >= 0.3 is 0 Å². The molecule has 38 heavy (non-hydrogen) atoms. The van der Waals surface area contributed by atoms with Crippen molar-refractivity contribution in [3.05, 3.63) is 107 Å². The molecule has 0 atom stereocenters. The number of halogens is 1. The van der Waals surface area contributed by atoms with Crippen LogP contribution in [0.1, 0.15) is 27.3 Å². The van der Waals surface area contributed by atoms with E-state index in [1.54, 1.807) is 47.1 Å². The summed E-state index contributed by atoms with van der Waals surface area (Å²) in [5, 5.41) is 4.66. The fraction of sp³-hybridized carbons (Fsp3) is 0.214. The number of ether oxygens (including phenoxy) is 1. The SMILES string of the molecule is COc1ccc(S(=O)(=O)N2CCc3c(c(CN(C(=O)c4ccccc4F)c4ccccc4)nn3C)C2)cc1. The largest absolute Gasteiger partial charge is 0.497 e. The number of hydrogen-bond acceptors (Lipinski definition) is 5. The van der Waals surface area contributed by atoms with E-state index in [2.05, 4.69) is 5.10 Å². The zero-order chi connectivity index (χ0) is 26.9. The van der Waals surface area contributed by atoms with Gasteiger partial charge in [0.2, 0.25) is 10.0 Å². The van der Waals surface area contributed by atoms with Crippen molar-refractivity contribution in [2.45, 2.75) is 24.4 Å². The van der Waals surface area contributed by atoms with E-state index in [4.69, 9.17) is 4.74 Å². The van der Waals surface area contributed by atoms with E-state index in [1.165, 1.54) is 46.6 Å². The number of carbonyl (C=O) groups is 1. The number of aryl methyl sites for hydroxylation is 1. The lowest BCUT2D eigenvalue weighted by Gasteiger charge is -2.28. The number of methoxy groups -OCH3 is 1. The van der Waals surface area contributed by atoms with Crippen molar-refractivity contribution >= 4 is 21.6 Å². The van der Waals surface area contributed by atoms with Gasteiger partial charge in [-0.05, 0) is 48.5 Å². The van der Waals surface area contributed by atoms with E-state index < -0.39 is 21.7 Å². The first-order chi connectivity index (χ1) is 18.3. The Hall–Kier alpha value is -4.02. The van der Waals surface area contributed by atoms with Gasteiger partial charge in [0.25, 0.3) is 5.91 Å². The van der Waals surface area contributed by atoms with Crippen LogP contribution in [0.25, 0.3) is 0 Å². The summed E-state index contributed by atoms with van der Waals surface area (Å²) in [5.74, 6) is -0.551. The van der Waals surface area contributed by atoms with Gasteiger partial charge in [0.15, 0.2) is 0 Å². The molecule has 10 heteroatoms. The summed E-state index contributed by atoms with van der Waals surface area (Å²) in [5.41, 5.74) is 2.75. The molecule has 0 unspecified atom stereocenters. The third kappa shape index (κ3) is 4.80. The third-order valence-corrected chi connectivity index (χ3v) is 8.57. The summed E-state index contributed by atoms with van der Waals surface area (Å²) in [6.07, 6.45) is 0.473. The normalized spacial score (nSPS) is 13.7. The smallest absolute Gasteiger partial charge is 0.261 e. The Morgan fingerprint density at radius 3 is 2.39 bits per heavy atom. The average molecular weight is 535 g/mol. The summed E-state index contributed by atoms with van der Waals surface area (Å²) in [6, 6.07) is 21.1. The molecule has 0 aliphatic carbocycles. The Labute approximate surface area is 220 Å². The maximum Gasteiger partial charge on any atom is 0.261 e. The van der Waals surface area contributed by atoms with Gasteiger partial charge in [-0.25, -0.2) is 12.8 Å². The lowest BCUT2D eigenvalue weighted by atomic mass is 10.1. The molecule has 0 spiro atoms. The molecule has 1 amide bonds. The summed E-state index contributed by atoms with van der Waals surface area (Å²) in [4.78, 5) is 15.2. The Morgan fingerprint density at radius 1 is 1.03 bits per heavy atom. The van der Waals surface area contributed by atoms with Crippen LogP contribution in [0.15, 0.2) is 83.8 Å². The number of nitrogens with zero attached hydrogens (tertiary/aromatic N) is 4. The molecule has 196 valence electrons. The number of fused-ring (bicyclic) bond motifs is 1. The monoisotopic (exact) mass is 534 g/mol. The van der Waals surface area contributed by atoms with Crippen LogP contribution in [-0.2, 0) is 36.6 Å². The fourth-order valence-corrected chi connectivity index (χ4v) is 6.10. The van der Waals surface area contributed by atoms with Gasteiger partial charge in [-0.1, -0.05) is 30.3 Å². The average Bonchev–Trinajstić information content (AvgIpc) is 3.26. The number of aromatic nitrogens is 2. The second kappa shape index (κ2) is 10.4. The lowest BCUT2D eigenvalue weighted by molar-refractivity contribution is 0.0980. The highest BCUT2D eigenvalue weighted by Gasteiger charge is 2.33. The maximum atomic E-state index is 14.6. The number of hydrogen-bond donors (Lipinski definition) is 0. The van der Waals surface area contributed by atoms with Gasteiger partial charge in [-0.2, -0.15) is 9.40 Å². The summed E-state index contributed by atoms with van der Waals surface area (Å²) >= 11 is 0. The number of carbonyl (C=O) groups excluding carboxylic acids is 1. The molecular weight excluding hydrogens is 507 g/mol. The van der Waals surface area contributed by atoms with E-state index in [9.17, 15) is 17.6 Å². The molecule has 1 aliphatic rings. The number of para-hydroxylation sites is 1. The molecule has 2 heterocycles.